The minimum absolute atomic E-state index is 0.00516. The maximum absolute atomic E-state index is 11.2. The van der Waals surface area contributed by atoms with Gasteiger partial charge in [-0.2, -0.15) is 0 Å². The number of hydrazine groups is 1. The molecule has 2 rings (SSSR count). The molecule has 0 atom stereocenters. The predicted molar refractivity (Wildman–Crippen MR) is 64.2 cm³/mol. The normalized spacial score (nSPS) is 16.8. The topological polar surface area (TPSA) is 52.6 Å². The molecule has 1 aliphatic heterocycles. The van der Waals surface area contributed by atoms with Crippen molar-refractivity contribution in [1.82, 2.24) is 5.43 Å². The van der Waals surface area contributed by atoms with E-state index in [1.807, 2.05) is 27.7 Å². The number of carbonyl (C=O) groups excluding carboxylic acids is 1. The second-order valence-electron chi connectivity index (χ2n) is 3.85. The van der Waals surface area contributed by atoms with Crippen molar-refractivity contribution < 1.29 is 9.90 Å². The molecule has 1 aromatic carbocycles. The summed E-state index contributed by atoms with van der Waals surface area (Å²) in [4.78, 5) is 11.2. The van der Waals surface area contributed by atoms with Crippen LogP contribution in [0, 0.1) is 0 Å². The first-order chi connectivity index (χ1) is 7.51. The monoisotopic (exact) mass is 222 g/mol. The van der Waals surface area contributed by atoms with E-state index in [0.29, 0.717) is 0 Å². The first kappa shape index (κ1) is 12.4. The molecule has 1 amide bonds. The summed E-state index contributed by atoms with van der Waals surface area (Å²) in [7, 11) is 0. The van der Waals surface area contributed by atoms with E-state index in [9.17, 15) is 4.79 Å². The van der Waals surface area contributed by atoms with Crippen LogP contribution in [0.4, 0.5) is 5.69 Å². The van der Waals surface area contributed by atoms with Gasteiger partial charge in [-0.25, -0.2) is 0 Å². The summed E-state index contributed by atoms with van der Waals surface area (Å²) in [6.07, 6.45) is 0. The Balaban J connectivity index is 0.000000606. The quantitative estimate of drug-likeness (QED) is 0.764. The molecule has 4 nitrogen and oxygen atoms in total. The van der Waals surface area contributed by atoms with E-state index in [-0.39, 0.29) is 11.7 Å². The van der Waals surface area contributed by atoms with Gasteiger partial charge in [-0.1, -0.05) is 13.8 Å². The predicted octanol–water partition coefficient (Wildman–Crippen LogP) is 2.05. The number of nitrogens with zero attached hydrogens (tertiary/aromatic N) is 1. The van der Waals surface area contributed by atoms with Crippen LogP contribution in [0.1, 0.15) is 27.7 Å². The molecule has 1 aromatic rings. The van der Waals surface area contributed by atoms with Crippen LogP contribution in [0.2, 0.25) is 0 Å². The highest BCUT2D eigenvalue weighted by Crippen LogP contribution is 2.29. The van der Waals surface area contributed by atoms with E-state index in [4.69, 9.17) is 5.11 Å². The summed E-state index contributed by atoms with van der Waals surface area (Å²) in [6.45, 7) is 7.69. The third-order valence-electron chi connectivity index (χ3n) is 2.44. The maximum atomic E-state index is 11.2. The Morgan fingerprint density at radius 2 is 1.69 bits per heavy atom. The van der Waals surface area contributed by atoms with Crippen LogP contribution in [-0.2, 0) is 4.79 Å². The van der Waals surface area contributed by atoms with Gasteiger partial charge in [0.25, 0.3) is 5.91 Å². The molecule has 4 heteroatoms. The molecule has 1 fully saturated rings. The Bertz CT molecular complexity index is 371. The Morgan fingerprint density at radius 3 is 2.06 bits per heavy atom. The maximum Gasteiger partial charge on any atom is 0.265 e. The Morgan fingerprint density at radius 1 is 1.19 bits per heavy atom. The highest BCUT2D eigenvalue weighted by molar-refractivity contribution is 5.97. The fraction of sp³-hybridized carbons (Fsp3) is 0.417. The van der Waals surface area contributed by atoms with E-state index in [2.05, 4.69) is 5.43 Å². The van der Waals surface area contributed by atoms with Gasteiger partial charge in [-0.05, 0) is 38.1 Å². The van der Waals surface area contributed by atoms with Crippen LogP contribution >= 0.6 is 0 Å². The SMILES string of the molecule is CC.CC1(C)C(=O)NN1c1ccc(O)cc1. The number of anilines is 1. The molecule has 0 saturated carbocycles. The number of carbonyl (C=O) groups is 1. The molecule has 0 bridgehead atoms. The number of aromatic hydroxyl groups is 1. The number of rotatable bonds is 1. The lowest BCUT2D eigenvalue weighted by Gasteiger charge is -2.48. The number of hydrogen-bond acceptors (Lipinski definition) is 3. The Hall–Kier alpha value is -1.71. The second kappa shape index (κ2) is 4.43. The van der Waals surface area contributed by atoms with Crippen LogP contribution in [0.15, 0.2) is 24.3 Å². The van der Waals surface area contributed by atoms with Gasteiger partial charge in [0.1, 0.15) is 11.3 Å². The summed E-state index contributed by atoms with van der Waals surface area (Å²) in [5.41, 5.74) is 3.05. The zero-order valence-corrected chi connectivity index (χ0v) is 10.1. The molecule has 0 radical (unpaired) electrons. The van der Waals surface area contributed by atoms with Crippen molar-refractivity contribution in [3.63, 3.8) is 0 Å². The van der Waals surface area contributed by atoms with Gasteiger partial charge >= 0.3 is 0 Å². The van der Waals surface area contributed by atoms with Crippen molar-refractivity contribution in [3.05, 3.63) is 24.3 Å². The molecule has 88 valence electrons. The number of amides is 1. The highest BCUT2D eigenvalue weighted by atomic mass is 16.3. The zero-order chi connectivity index (χ0) is 12.3. The van der Waals surface area contributed by atoms with Gasteiger partial charge in [-0.15, -0.1) is 0 Å². The zero-order valence-electron chi connectivity index (χ0n) is 10.1. The molecule has 0 aromatic heterocycles. The molecule has 1 saturated heterocycles. The number of hydrogen-bond donors (Lipinski definition) is 2. The number of phenolic OH excluding ortho intramolecular Hbond substituents is 1. The lowest BCUT2D eigenvalue weighted by atomic mass is 9.98. The first-order valence-electron chi connectivity index (χ1n) is 5.42. The lowest BCUT2D eigenvalue weighted by Crippen LogP contribution is -2.73. The van der Waals surface area contributed by atoms with Crippen molar-refractivity contribution in [3.8, 4) is 5.75 Å². The highest BCUT2D eigenvalue weighted by Gasteiger charge is 2.45. The molecule has 1 aliphatic rings. The standard InChI is InChI=1S/C10H12N2O2.C2H6/c1-10(2)9(14)11-12(10)7-3-5-8(13)6-4-7;1-2/h3-6,13H,1-2H3,(H,11,14);1-2H3. The second-order valence-corrected chi connectivity index (χ2v) is 3.85. The molecule has 1 heterocycles. The van der Waals surface area contributed by atoms with E-state index in [0.717, 1.165) is 5.69 Å². The average Bonchev–Trinajstić information content (AvgIpc) is 2.30. The average molecular weight is 222 g/mol. The fourth-order valence-electron chi connectivity index (χ4n) is 1.42. The fourth-order valence-corrected chi connectivity index (χ4v) is 1.42. The van der Waals surface area contributed by atoms with E-state index < -0.39 is 5.54 Å². The van der Waals surface area contributed by atoms with Gasteiger partial charge in [-0.3, -0.25) is 15.2 Å². The molecule has 0 spiro atoms. The van der Waals surface area contributed by atoms with E-state index in [1.165, 1.54) is 0 Å². The molecule has 2 N–H and O–H groups in total. The minimum Gasteiger partial charge on any atom is -0.508 e. The third-order valence-corrected chi connectivity index (χ3v) is 2.44. The first-order valence-corrected chi connectivity index (χ1v) is 5.42. The van der Waals surface area contributed by atoms with Crippen molar-refractivity contribution >= 4 is 11.6 Å². The summed E-state index contributed by atoms with van der Waals surface area (Å²) < 4.78 is 0. The number of benzene rings is 1. The van der Waals surface area contributed by atoms with Gasteiger partial charge in [0, 0.05) is 0 Å². The van der Waals surface area contributed by atoms with Crippen LogP contribution in [-0.4, -0.2) is 16.6 Å². The van der Waals surface area contributed by atoms with Gasteiger partial charge in [0.15, 0.2) is 0 Å². The third kappa shape index (κ3) is 1.96. The molecular weight excluding hydrogens is 204 g/mol. The largest absolute Gasteiger partial charge is 0.508 e. The van der Waals surface area contributed by atoms with Crippen LogP contribution in [0.25, 0.3) is 0 Å². The van der Waals surface area contributed by atoms with Crippen LogP contribution < -0.4 is 10.4 Å². The number of nitrogens with one attached hydrogen (secondary N) is 1. The Labute approximate surface area is 95.9 Å². The van der Waals surface area contributed by atoms with Gasteiger partial charge < -0.3 is 5.11 Å². The lowest BCUT2D eigenvalue weighted by molar-refractivity contribution is -0.133. The van der Waals surface area contributed by atoms with Crippen LogP contribution in [0.3, 0.4) is 0 Å². The summed E-state index contributed by atoms with van der Waals surface area (Å²) in [5.74, 6) is 0.226. The molecular formula is C12H18N2O2. The van der Waals surface area contributed by atoms with Crippen molar-refractivity contribution in [2.24, 2.45) is 0 Å². The Kier molecular flexibility index (Phi) is 3.42. The van der Waals surface area contributed by atoms with Gasteiger partial charge in [0.2, 0.25) is 0 Å². The van der Waals surface area contributed by atoms with Crippen molar-refractivity contribution in [2.75, 3.05) is 5.01 Å². The van der Waals surface area contributed by atoms with Gasteiger partial charge in [0.05, 0.1) is 5.69 Å². The smallest absolute Gasteiger partial charge is 0.265 e. The molecule has 16 heavy (non-hydrogen) atoms. The van der Waals surface area contributed by atoms with E-state index >= 15 is 0 Å². The summed E-state index contributed by atoms with van der Waals surface area (Å²) >= 11 is 0. The van der Waals surface area contributed by atoms with Crippen LogP contribution in [0.5, 0.6) is 5.75 Å². The minimum atomic E-state index is -0.503. The summed E-state index contributed by atoms with van der Waals surface area (Å²) in [6, 6.07) is 6.71. The number of phenols is 1. The van der Waals surface area contributed by atoms with Crippen molar-refractivity contribution in [1.29, 1.82) is 0 Å². The van der Waals surface area contributed by atoms with E-state index in [1.54, 1.807) is 29.3 Å². The summed E-state index contributed by atoms with van der Waals surface area (Å²) in [5, 5.41) is 10.9. The molecule has 0 aliphatic carbocycles. The molecule has 0 unspecified atom stereocenters. The van der Waals surface area contributed by atoms with Crippen molar-refractivity contribution in [2.45, 2.75) is 33.2 Å².